The predicted octanol–water partition coefficient (Wildman–Crippen LogP) is 0.900. The van der Waals surface area contributed by atoms with Crippen LogP contribution in [-0.4, -0.2) is 13.1 Å². The molecule has 2 nitrogen and oxygen atoms in total. The molecule has 0 radical (unpaired) electrons. The summed E-state index contributed by atoms with van der Waals surface area (Å²) in [4.78, 5) is 0. The minimum atomic E-state index is 0.0417. The number of hydrogen-bond acceptors (Lipinski definition) is 2. The van der Waals surface area contributed by atoms with Gasteiger partial charge in [-0.25, -0.2) is 0 Å². The molecule has 1 N–H and O–H groups in total. The van der Waals surface area contributed by atoms with Crippen LogP contribution in [0.4, 0.5) is 0 Å². The van der Waals surface area contributed by atoms with Crippen LogP contribution in [0.1, 0.15) is 19.3 Å². The Morgan fingerprint density at radius 3 is 3.20 bits per heavy atom. The molecule has 1 aliphatic heterocycles. The molecule has 10 heavy (non-hydrogen) atoms. The van der Waals surface area contributed by atoms with Crippen molar-refractivity contribution in [2.75, 3.05) is 13.1 Å². The number of rotatable bonds is 0. The molecule has 0 unspecified atom stereocenters. The Morgan fingerprint density at radius 1 is 1.60 bits per heavy atom. The third kappa shape index (κ3) is 0.615. The molecule has 2 heteroatoms. The van der Waals surface area contributed by atoms with Crippen molar-refractivity contribution in [2.24, 2.45) is 11.3 Å². The molecule has 0 aromatic heterocycles. The average molecular weight is 136 g/mol. The Balaban J connectivity index is 2.25. The number of fused-ring (bicyclic) bond motifs is 1. The van der Waals surface area contributed by atoms with Crippen LogP contribution in [0.25, 0.3) is 0 Å². The normalized spacial score (nSPS) is 44.9. The fourth-order valence-corrected chi connectivity index (χ4v) is 2.33. The Morgan fingerprint density at radius 2 is 2.50 bits per heavy atom. The van der Waals surface area contributed by atoms with Crippen LogP contribution >= 0.6 is 0 Å². The van der Waals surface area contributed by atoms with Crippen LogP contribution in [0.3, 0.4) is 0 Å². The summed E-state index contributed by atoms with van der Waals surface area (Å²) in [6.45, 7) is 2.02. The Labute approximate surface area is 61.2 Å². The number of nitriles is 1. The van der Waals surface area contributed by atoms with Crippen molar-refractivity contribution >= 4 is 0 Å². The Bertz CT molecular complexity index is 170. The zero-order valence-corrected chi connectivity index (χ0v) is 6.06. The number of hydrogen-bond donors (Lipinski definition) is 1. The van der Waals surface area contributed by atoms with E-state index in [1.54, 1.807) is 0 Å². The van der Waals surface area contributed by atoms with Crippen LogP contribution < -0.4 is 5.32 Å². The van der Waals surface area contributed by atoms with Gasteiger partial charge in [0.25, 0.3) is 0 Å². The molecule has 54 valence electrons. The second kappa shape index (κ2) is 1.96. The monoisotopic (exact) mass is 136 g/mol. The molecule has 0 spiro atoms. The van der Waals surface area contributed by atoms with Gasteiger partial charge in [0.2, 0.25) is 0 Å². The molecule has 0 aromatic carbocycles. The lowest BCUT2D eigenvalue weighted by Crippen LogP contribution is -2.22. The first-order valence-electron chi connectivity index (χ1n) is 3.99. The molecule has 2 fully saturated rings. The molecule has 0 bridgehead atoms. The fourth-order valence-electron chi connectivity index (χ4n) is 2.33. The molecule has 1 saturated carbocycles. The van der Waals surface area contributed by atoms with Gasteiger partial charge in [-0.1, -0.05) is 6.42 Å². The van der Waals surface area contributed by atoms with Crippen molar-refractivity contribution < 1.29 is 0 Å². The largest absolute Gasteiger partial charge is 0.315 e. The van der Waals surface area contributed by atoms with Crippen LogP contribution in [0.15, 0.2) is 0 Å². The summed E-state index contributed by atoms with van der Waals surface area (Å²) in [5.74, 6) is 0.664. The first kappa shape index (κ1) is 6.18. The highest BCUT2D eigenvalue weighted by Crippen LogP contribution is 2.44. The average Bonchev–Trinajstić information content (AvgIpc) is 2.42. The molecule has 2 rings (SSSR count). The lowest BCUT2D eigenvalue weighted by Gasteiger charge is -2.17. The smallest absolute Gasteiger partial charge is 0.0738 e. The molecule has 1 heterocycles. The lowest BCUT2D eigenvalue weighted by atomic mass is 9.82. The van der Waals surface area contributed by atoms with Gasteiger partial charge in [0.15, 0.2) is 0 Å². The van der Waals surface area contributed by atoms with Gasteiger partial charge in [-0.3, -0.25) is 0 Å². The minimum absolute atomic E-state index is 0.0417. The van der Waals surface area contributed by atoms with Gasteiger partial charge in [0.05, 0.1) is 11.5 Å². The third-order valence-electron chi connectivity index (χ3n) is 3.01. The maximum absolute atomic E-state index is 8.94. The number of nitrogens with zero attached hydrogens (tertiary/aromatic N) is 1. The van der Waals surface area contributed by atoms with Crippen molar-refractivity contribution in [2.45, 2.75) is 19.3 Å². The molecular weight excluding hydrogens is 124 g/mol. The minimum Gasteiger partial charge on any atom is -0.315 e. The van der Waals surface area contributed by atoms with Crippen LogP contribution in [-0.2, 0) is 0 Å². The van der Waals surface area contributed by atoms with Crippen molar-refractivity contribution in [3.05, 3.63) is 0 Å². The van der Waals surface area contributed by atoms with Crippen LogP contribution in [0.5, 0.6) is 0 Å². The first-order chi connectivity index (χ1) is 4.87. The van der Waals surface area contributed by atoms with Gasteiger partial charge in [-0.2, -0.15) is 5.26 Å². The SMILES string of the molecule is N#C[C@]12CCC[C@@H]1CNC2. The maximum atomic E-state index is 8.94. The van der Waals surface area contributed by atoms with Crippen LogP contribution in [0, 0.1) is 22.7 Å². The van der Waals surface area contributed by atoms with Crippen molar-refractivity contribution in [1.82, 2.24) is 5.32 Å². The molecule has 2 aliphatic rings. The van der Waals surface area contributed by atoms with Gasteiger partial charge >= 0.3 is 0 Å². The second-order valence-corrected chi connectivity index (χ2v) is 3.49. The molecule has 0 aromatic rings. The highest BCUT2D eigenvalue weighted by molar-refractivity contribution is 5.11. The topological polar surface area (TPSA) is 35.8 Å². The van der Waals surface area contributed by atoms with Crippen molar-refractivity contribution in [3.8, 4) is 6.07 Å². The van der Waals surface area contributed by atoms with E-state index in [9.17, 15) is 0 Å². The Kier molecular flexibility index (Phi) is 1.21. The maximum Gasteiger partial charge on any atom is 0.0738 e. The summed E-state index contributed by atoms with van der Waals surface area (Å²) in [6.07, 6.45) is 3.65. The summed E-state index contributed by atoms with van der Waals surface area (Å²) in [7, 11) is 0. The first-order valence-corrected chi connectivity index (χ1v) is 3.99. The summed E-state index contributed by atoms with van der Waals surface area (Å²) in [5.41, 5.74) is 0.0417. The van der Waals surface area contributed by atoms with Crippen molar-refractivity contribution in [3.63, 3.8) is 0 Å². The van der Waals surface area contributed by atoms with Crippen LogP contribution in [0.2, 0.25) is 0 Å². The third-order valence-corrected chi connectivity index (χ3v) is 3.01. The van der Waals surface area contributed by atoms with Gasteiger partial charge in [-0.05, 0) is 25.3 Å². The quantitative estimate of drug-likeness (QED) is 0.537. The second-order valence-electron chi connectivity index (χ2n) is 3.49. The van der Waals surface area contributed by atoms with E-state index >= 15 is 0 Å². The fraction of sp³-hybridized carbons (Fsp3) is 0.875. The zero-order valence-electron chi connectivity index (χ0n) is 6.06. The highest BCUT2D eigenvalue weighted by Gasteiger charge is 2.46. The molecular formula is C8H12N2. The van der Waals surface area contributed by atoms with E-state index in [1.807, 2.05) is 0 Å². The van der Waals surface area contributed by atoms with Gasteiger partial charge in [0, 0.05) is 6.54 Å². The van der Waals surface area contributed by atoms with E-state index in [4.69, 9.17) is 5.26 Å². The molecule has 2 atom stereocenters. The van der Waals surface area contributed by atoms with Gasteiger partial charge in [0.1, 0.15) is 0 Å². The molecule has 0 amide bonds. The van der Waals surface area contributed by atoms with E-state index < -0.39 is 0 Å². The van der Waals surface area contributed by atoms with Gasteiger partial charge < -0.3 is 5.32 Å². The lowest BCUT2D eigenvalue weighted by molar-refractivity contribution is 0.374. The molecule has 1 aliphatic carbocycles. The van der Waals surface area contributed by atoms with Crippen molar-refractivity contribution in [1.29, 1.82) is 5.26 Å². The predicted molar refractivity (Wildman–Crippen MR) is 38.3 cm³/mol. The van der Waals surface area contributed by atoms with E-state index in [-0.39, 0.29) is 5.41 Å². The standard InChI is InChI=1S/C8H12N2/c9-5-8-3-1-2-7(8)4-10-6-8/h7,10H,1-4,6H2/t7-,8+/m1/s1. The van der Waals surface area contributed by atoms with E-state index in [1.165, 1.54) is 12.8 Å². The summed E-state index contributed by atoms with van der Waals surface area (Å²) in [5, 5.41) is 12.2. The van der Waals surface area contributed by atoms with E-state index in [0.29, 0.717) is 5.92 Å². The summed E-state index contributed by atoms with van der Waals surface area (Å²) in [6, 6.07) is 2.48. The zero-order chi connectivity index (χ0) is 7.03. The van der Waals surface area contributed by atoms with E-state index in [0.717, 1.165) is 19.5 Å². The van der Waals surface area contributed by atoms with Gasteiger partial charge in [-0.15, -0.1) is 0 Å². The molecule has 1 saturated heterocycles. The highest BCUT2D eigenvalue weighted by atomic mass is 14.9. The Hall–Kier alpha value is -0.550. The number of nitrogens with one attached hydrogen (secondary N) is 1. The summed E-state index contributed by atoms with van der Waals surface area (Å²) >= 11 is 0. The summed E-state index contributed by atoms with van der Waals surface area (Å²) < 4.78 is 0. The van der Waals surface area contributed by atoms with E-state index in [2.05, 4.69) is 11.4 Å².